The van der Waals surface area contributed by atoms with Gasteiger partial charge in [0, 0.05) is 18.6 Å². The number of hydrogen-bond acceptors (Lipinski definition) is 0. The maximum atomic E-state index is 9.75. The molecule has 0 bridgehead atoms. The second-order valence-electron chi connectivity index (χ2n) is 4.34. The smallest absolute Gasteiger partial charge is 0.418 e. The molecule has 0 fully saturated rings. The minimum atomic E-state index is -6.00. The molecule has 0 aliphatic rings. The topological polar surface area (TPSA) is 3.88 Å². The van der Waals surface area contributed by atoms with E-state index in [2.05, 4.69) is 60.3 Å². The number of pyridine rings is 1. The lowest BCUT2D eigenvalue weighted by Gasteiger charge is -1.99. The van der Waals surface area contributed by atoms with Crippen LogP contribution in [0.4, 0.5) is 17.3 Å². The van der Waals surface area contributed by atoms with Crippen LogP contribution in [0.1, 0.15) is 11.1 Å². The van der Waals surface area contributed by atoms with Gasteiger partial charge in [-0.05, 0) is 12.5 Å². The summed E-state index contributed by atoms with van der Waals surface area (Å²) < 4.78 is 41.2. The molecule has 20 heavy (non-hydrogen) atoms. The van der Waals surface area contributed by atoms with Gasteiger partial charge in [0.25, 0.3) is 0 Å². The summed E-state index contributed by atoms with van der Waals surface area (Å²) >= 11 is 0. The normalized spacial score (nSPS) is 10.7. The van der Waals surface area contributed by atoms with Crippen LogP contribution in [0.15, 0.2) is 54.9 Å². The van der Waals surface area contributed by atoms with E-state index in [0.29, 0.717) is 0 Å². The third-order valence-electron chi connectivity index (χ3n) is 2.56. The number of hydrogen-bond donors (Lipinski definition) is 0. The first kappa shape index (κ1) is 16.2. The maximum Gasteiger partial charge on any atom is 0.673 e. The molecule has 6 heteroatoms. The van der Waals surface area contributed by atoms with Gasteiger partial charge in [-0.2, -0.15) is 0 Å². The Kier molecular flexibility index (Phi) is 6.22. The molecule has 0 unspecified atom stereocenters. The Hall–Kier alpha value is -1.85. The lowest BCUT2D eigenvalue weighted by Crippen LogP contribution is -2.33. The zero-order chi connectivity index (χ0) is 15.0. The molecule has 0 aliphatic carbocycles. The standard InChI is InChI=1S/C14H16N.BF4/c1-13-5-7-14(8-6-13)9-12-15-10-3-2-4-11-15;2-1(3,4)5/h2-8,10-11H,9,12H2,1H3;/q+1;-1. The molecular formula is C14H16BF4N. The van der Waals surface area contributed by atoms with Crippen molar-refractivity contribution in [2.24, 2.45) is 0 Å². The molecule has 1 aromatic carbocycles. The Morgan fingerprint density at radius 3 is 1.90 bits per heavy atom. The Morgan fingerprint density at radius 1 is 0.900 bits per heavy atom. The van der Waals surface area contributed by atoms with Gasteiger partial charge in [0.05, 0.1) is 0 Å². The number of nitrogens with zero attached hydrogens (tertiary/aromatic N) is 1. The molecule has 1 nitrogen and oxygen atoms in total. The Morgan fingerprint density at radius 2 is 1.40 bits per heavy atom. The van der Waals surface area contributed by atoms with Crippen molar-refractivity contribution in [3.8, 4) is 0 Å². The van der Waals surface area contributed by atoms with Crippen LogP contribution in [0.2, 0.25) is 0 Å². The van der Waals surface area contributed by atoms with E-state index in [4.69, 9.17) is 0 Å². The fourth-order valence-electron chi connectivity index (χ4n) is 1.60. The predicted molar refractivity (Wildman–Crippen MR) is 71.7 cm³/mol. The molecule has 108 valence electrons. The Labute approximate surface area is 116 Å². The summed E-state index contributed by atoms with van der Waals surface area (Å²) in [5.74, 6) is 0. The number of halogens is 4. The van der Waals surface area contributed by atoms with Crippen LogP contribution in [0.5, 0.6) is 0 Å². The van der Waals surface area contributed by atoms with E-state index >= 15 is 0 Å². The second-order valence-corrected chi connectivity index (χ2v) is 4.34. The van der Waals surface area contributed by atoms with Crippen molar-refractivity contribution in [3.63, 3.8) is 0 Å². The van der Waals surface area contributed by atoms with E-state index in [9.17, 15) is 17.3 Å². The Bertz CT molecular complexity index is 491. The third kappa shape index (κ3) is 8.29. The Balaban J connectivity index is 0.000000347. The fraction of sp³-hybridized carbons (Fsp3) is 0.214. The van der Waals surface area contributed by atoms with Gasteiger partial charge < -0.3 is 17.3 Å². The van der Waals surface area contributed by atoms with Crippen LogP contribution >= 0.6 is 0 Å². The molecule has 0 saturated heterocycles. The first-order valence-electron chi connectivity index (χ1n) is 6.21. The van der Waals surface area contributed by atoms with E-state index in [1.165, 1.54) is 11.1 Å². The van der Waals surface area contributed by atoms with Crippen LogP contribution in [0.25, 0.3) is 0 Å². The van der Waals surface area contributed by atoms with Crippen molar-refractivity contribution >= 4 is 7.25 Å². The van der Waals surface area contributed by atoms with Crippen molar-refractivity contribution in [1.29, 1.82) is 0 Å². The second kappa shape index (κ2) is 7.67. The van der Waals surface area contributed by atoms with Crippen LogP contribution < -0.4 is 4.57 Å². The highest BCUT2D eigenvalue weighted by molar-refractivity contribution is 6.50. The number of benzene rings is 1. The highest BCUT2D eigenvalue weighted by Gasteiger charge is 2.20. The van der Waals surface area contributed by atoms with Gasteiger partial charge in [-0.25, -0.2) is 4.57 Å². The molecule has 0 aliphatic heterocycles. The zero-order valence-electron chi connectivity index (χ0n) is 11.1. The molecule has 0 amide bonds. The van der Waals surface area contributed by atoms with Crippen molar-refractivity contribution in [2.45, 2.75) is 19.9 Å². The van der Waals surface area contributed by atoms with E-state index < -0.39 is 7.25 Å². The van der Waals surface area contributed by atoms with Crippen molar-refractivity contribution < 1.29 is 21.8 Å². The maximum absolute atomic E-state index is 9.75. The summed E-state index contributed by atoms with van der Waals surface area (Å²) in [7, 11) is -6.00. The van der Waals surface area contributed by atoms with Crippen molar-refractivity contribution in [3.05, 3.63) is 66.0 Å². The summed E-state index contributed by atoms with van der Waals surface area (Å²) in [6.07, 6.45) is 5.30. The van der Waals surface area contributed by atoms with E-state index in [0.717, 1.165) is 13.0 Å². The van der Waals surface area contributed by atoms with Gasteiger partial charge in [-0.1, -0.05) is 35.9 Å². The largest absolute Gasteiger partial charge is 0.673 e. The molecule has 0 atom stereocenters. The first-order chi connectivity index (χ1) is 9.34. The highest BCUT2D eigenvalue weighted by atomic mass is 19.5. The van der Waals surface area contributed by atoms with Gasteiger partial charge in [0.2, 0.25) is 0 Å². The van der Waals surface area contributed by atoms with Crippen LogP contribution in [-0.2, 0) is 13.0 Å². The van der Waals surface area contributed by atoms with Crippen LogP contribution in [0.3, 0.4) is 0 Å². The van der Waals surface area contributed by atoms with E-state index in [-0.39, 0.29) is 0 Å². The van der Waals surface area contributed by atoms with Crippen LogP contribution in [0, 0.1) is 6.92 Å². The van der Waals surface area contributed by atoms with Gasteiger partial charge >= 0.3 is 7.25 Å². The predicted octanol–water partition coefficient (Wildman–Crippen LogP) is 3.83. The average molecular weight is 285 g/mol. The van der Waals surface area contributed by atoms with Gasteiger partial charge in [-0.3, -0.25) is 0 Å². The molecule has 2 aromatic rings. The molecule has 0 saturated carbocycles. The molecule has 1 aromatic heterocycles. The molecule has 0 radical (unpaired) electrons. The molecule has 0 spiro atoms. The zero-order valence-corrected chi connectivity index (χ0v) is 11.1. The van der Waals surface area contributed by atoms with Gasteiger partial charge in [0.15, 0.2) is 18.9 Å². The minimum Gasteiger partial charge on any atom is -0.418 e. The molecule has 2 rings (SSSR count). The average Bonchev–Trinajstić information content (AvgIpc) is 2.37. The number of rotatable bonds is 3. The highest BCUT2D eigenvalue weighted by Crippen LogP contribution is 2.06. The van der Waals surface area contributed by atoms with E-state index in [1.807, 2.05) is 6.07 Å². The molecule has 1 heterocycles. The first-order valence-corrected chi connectivity index (χ1v) is 6.21. The molecular weight excluding hydrogens is 269 g/mol. The summed E-state index contributed by atoms with van der Waals surface area (Å²) in [6.45, 7) is 3.17. The number of aryl methyl sites for hydroxylation is 3. The lowest BCUT2D eigenvalue weighted by molar-refractivity contribution is -0.696. The quantitative estimate of drug-likeness (QED) is 0.458. The third-order valence-corrected chi connectivity index (χ3v) is 2.56. The van der Waals surface area contributed by atoms with Gasteiger partial charge in [-0.15, -0.1) is 0 Å². The van der Waals surface area contributed by atoms with Crippen molar-refractivity contribution in [2.75, 3.05) is 0 Å². The van der Waals surface area contributed by atoms with Gasteiger partial charge in [0.1, 0.15) is 0 Å². The summed E-state index contributed by atoms with van der Waals surface area (Å²) in [4.78, 5) is 0. The summed E-state index contributed by atoms with van der Waals surface area (Å²) in [5.41, 5.74) is 2.73. The molecule has 0 N–H and O–H groups in total. The summed E-state index contributed by atoms with van der Waals surface area (Å²) in [6, 6.07) is 14.9. The lowest BCUT2D eigenvalue weighted by atomic mass is 10.1. The monoisotopic (exact) mass is 285 g/mol. The fourth-order valence-corrected chi connectivity index (χ4v) is 1.60. The summed E-state index contributed by atoms with van der Waals surface area (Å²) in [5, 5.41) is 0. The van der Waals surface area contributed by atoms with E-state index in [1.54, 1.807) is 0 Å². The van der Waals surface area contributed by atoms with Crippen LogP contribution in [-0.4, -0.2) is 7.25 Å². The number of aromatic nitrogens is 1. The minimum absolute atomic E-state index is 1.05. The van der Waals surface area contributed by atoms with Crippen molar-refractivity contribution in [1.82, 2.24) is 0 Å². The SMILES string of the molecule is Cc1ccc(CC[n+]2ccccc2)cc1.F[B-](F)(F)F.